The Hall–Kier alpha value is -2.87. The summed E-state index contributed by atoms with van der Waals surface area (Å²) in [5.74, 6) is -0.724. The van der Waals surface area contributed by atoms with Crippen molar-refractivity contribution in [1.82, 2.24) is 15.5 Å². The van der Waals surface area contributed by atoms with Gasteiger partial charge in [0, 0.05) is 12.8 Å². The molecule has 0 unspecified atom stereocenters. The molecular formula is C16H17N3O5. The van der Waals surface area contributed by atoms with Crippen molar-refractivity contribution >= 4 is 11.9 Å². The highest BCUT2D eigenvalue weighted by molar-refractivity contribution is 5.92. The summed E-state index contributed by atoms with van der Waals surface area (Å²) >= 11 is 0. The molecule has 0 bridgehead atoms. The van der Waals surface area contributed by atoms with Gasteiger partial charge in [0.05, 0.1) is 18.2 Å². The minimum absolute atomic E-state index is 0.186. The van der Waals surface area contributed by atoms with Crippen LogP contribution in [0.1, 0.15) is 27.3 Å². The Bertz CT molecular complexity index is 699. The van der Waals surface area contributed by atoms with E-state index in [0.717, 1.165) is 0 Å². The number of hydrogen-bond acceptors (Lipinski definition) is 5. The second kappa shape index (κ2) is 7.14. The van der Waals surface area contributed by atoms with Crippen molar-refractivity contribution in [3.8, 4) is 5.75 Å². The number of nitrogens with zero attached hydrogens (tertiary/aromatic N) is 1. The fraction of sp³-hybridized carbons (Fsp3) is 0.312. The fourth-order valence-electron chi connectivity index (χ4n) is 2.47. The van der Waals surface area contributed by atoms with Crippen LogP contribution >= 0.6 is 0 Å². The molecule has 1 saturated heterocycles. The number of aromatic nitrogens is 2. The van der Waals surface area contributed by atoms with Crippen LogP contribution in [-0.4, -0.2) is 52.5 Å². The summed E-state index contributed by atoms with van der Waals surface area (Å²) in [5.41, 5.74) is 0.567. The molecule has 0 saturated carbocycles. The monoisotopic (exact) mass is 331 g/mol. The van der Waals surface area contributed by atoms with E-state index in [4.69, 9.17) is 14.6 Å². The van der Waals surface area contributed by atoms with Gasteiger partial charge < -0.3 is 19.9 Å². The highest BCUT2D eigenvalue weighted by Gasteiger charge is 2.29. The summed E-state index contributed by atoms with van der Waals surface area (Å²) < 4.78 is 11.3. The Morgan fingerprint density at radius 2 is 2.08 bits per heavy atom. The van der Waals surface area contributed by atoms with E-state index in [1.165, 1.54) is 18.3 Å². The molecule has 3 N–H and O–H groups in total. The van der Waals surface area contributed by atoms with Gasteiger partial charge in [-0.1, -0.05) is 0 Å². The van der Waals surface area contributed by atoms with E-state index in [1.54, 1.807) is 18.2 Å². The lowest BCUT2D eigenvalue weighted by Gasteiger charge is -2.32. The zero-order valence-electron chi connectivity index (χ0n) is 12.8. The molecular weight excluding hydrogens is 314 g/mol. The largest absolute Gasteiger partial charge is 0.486 e. The number of benzene rings is 1. The maximum absolute atomic E-state index is 12.1. The molecule has 8 nitrogen and oxygen atoms in total. The molecule has 2 heterocycles. The van der Waals surface area contributed by atoms with E-state index in [9.17, 15) is 9.59 Å². The molecule has 0 spiro atoms. The zero-order chi connectivity index (χ0) is 16.9. The molecule has 2 atom stereocenters. The number of amides is 1. The van der Waals surface area contributed by atoms with Crippen molar-refractivity contribution in [2.24, 2.45) is 0 Å². The molecule has 1 aromatic heterocycles. The lowest BCUT2D eigenvalue weighted by atomic mass is 10.1. The predicted octanol–water partition coefficient (Wildman–Crippen LogP) is 1.07. The molecule has 0 aliphatic carbocycles. The standard InChI is InChI=1S/C16H17N3O5/c20-15(13-5-7-17-19-13)18-12-6-8-23-9-14(12)24-11-3-1-10(2-4-11)16(21)22/h1-5,7,12,14H,6,8-9H2,(H,17,19)(H,18,20)(H,21,22)/t12-,14-/m1/s1. The molecule has 8 heteroatoms. The average Bonchev–Trinajstić information content (AvgIpc) is 3.12. The molecule has 1 amide bonds. The van der Waals surface area contributed by atoms with Gasteiger partial charge in [-0.15, -0.1) is 0 Å². The topological polar surface area (TPSA) is 114 Å². The normalized spacial score (nSPS) is 20.3. The van der Waals surface area contributed by atoms with Crippen LogP contribution in [0.3, 0.4) is 0 Å². The number of ether oxygens (including phenoxy) is 2. The summed E-state index contributed by atoms with van der Waals surface area (Å²) in [5, 5.41) is 18.2. The lowest BCUT2D eigenvalue weighted by Crippen LogP contribution is -2.51. The first-order valence-electron chi connectivity index (χ1n) is 7.51. The van der Waals surface area contributed by atoms with Crippen LogP contribution in [0.2, 0.25) is 0 Å². The molecule has 24 heavy (non-hydrogen) atoms. The summed E-state index contributed by atoms with van der Waals surface area (Å²) in [6.07, 6.45) is 1.77. The van der Waals surface area contributed by atoms with Crippen LogP contribution < -0.4 is 10.1 Å². The number of carboxylic acid groups (broad SMARTS) is 1. The van der Waals surface area contributed by atoms with Gasteiger partial charge in [0.25, 0.3) is 5.91 Å². The minimum atomic E-state index is -0.993. The third kappa shape index (κ3) is 3.72. The molecule has 1 aliphatic rings. The van der Waals surface area contributed by atoms with Gasteiger partial charge in [-0.05, 0) is 36.8 Å². The summed E-state index contributed by atoms with van der Waals surface area (Å²) in [6.45, 7) is 0.875. The number of H-pyrrole nitrogens is 1. The van der Waals surface area contributed by atoms with Crippen molar-refractivity contribution in [2.75, 3.05) is 13.2 Å². The molecule has 1 aromatic carbocycles. The van der Waals surface area contributed by atoms with E-state index >= 15 is 0 Å². The number of carbonyl (C=O) groups excluding carboxylic acids is 1. The molecule has 126 valence electrons. The van der Waals surface area contributed by atoms with Crippen molar-refractivity contribution in [3.63, 3.8) is 0 Å². The molecule has 1 fully saturated rings. The van der Waals surface area contributed by atoms with E-state index in [2.05, 4.69) is 15.5 Å². The van der Waals surface area contributed by atoms with Crippen molar-refractivity contribution < 1.29 is 24.2 Å². The van der Waals surface area contributed by atoms with Crippen LogP contribution in [0.15, 0.2) is 36.5 Å². The summed E-state index contributed by atoms with van der Waals surface area (Å²) in [6, 6.07) is 7.50. The lowest BCUT2D eigenvalue weighted by molar-refractivity contribution is -0.0135. The Labute approximate surface area is 137 Å². The zero-order valence-corrected chi connectivity index (χ0v) is 12.8. The van der Waals surface area contributed by atoms with Crippen LogP contribution in [0.25, 0.3) is 0 Å². The highest BCUT2D eigenvalue weighted by Crippen LogP contribution is 2.19. The van der Waals surface area contributed by atoms with Gasteiger partial charge in [0.15, 0.2) is 0 Å². The first-order valence-corrected chi connectivity index (χ1v) is 7.51. The van der Waals surface area contributed by atoms with Crippen LogP contribution in [0, 0.1) is 0 Å². The quantitative estimate of drug-likeness (QED) is 0.755. The predicted molar refractivity (Wildman–Crippen MR) is 83.1 cm³/mol. The van der Waals surface area contributed by atoms with Gasteiger partial charge in [-0.2, -0.15) is 5.10 Å². The maximum Gasteiger partial charge on any atom is 0.335 e. The van der Waals surface area contributed by atoms with Gasteiger partial charge in [-0.25, -0.2) is 4.79 Å². The van der Waals surface area contributed by atoms with E-state index in [0.29, 0.717) is 31.1 Å². The first-order chi connectivity index (χ1) is 11.6. The number of aromatic carboxylic acids is 1. The second-order valence-corrected chi connectivity index (χ2v) is 5.40. The third-order valence-electron chi connectivity index (χ3n) is 3.75. The Balaban J connectivity index is 1.65. The average molecular weight is 331 g/mol. The Morgan fingerprint density at radius 1 is 1.29 bits per heavy atom. The van der Waals surface area contributed by atoms with Crippen LogP contribution in [-0.2, 0) is 4.74 Å². The molecule has 0 radical (unpaired) electrons. The highest BCUT2D eigenvalue weighted by atomic mass is 16.5. The van der Waals surface area contributed by atoms with E-state index in [1.807, 2.05) is 0 Å². The molecule has 1 aliphatic heterocycles. The van der Waals surface area contributed by atoms with Crippen molar-refractivity contribution in [1.29, 1.82) is 0 Å². The van der Waals surface area contributed by atoms with Gasteiger partial charge in [0.1, 0.15) is 17.5 Å². The van der Waals surface area contributed by atoms with Crippen molar-refractivity contribution in [3.05, 3.63) is 47.8 Å². The Morgan fingerprint density at radius 3 is 2.75 bits per heavy atom. The number of carboxylic acids is 1. The number of nitrogens with one attached hydrogen (secondary N) is 2. The third-order valence-corrected chi connectivity index (χ3v) is 3.75. The molecule has 3 rings (SSSR count). The van der Waals surface area contributed by atoms with E-state index < -0.39 is 5.97 Å². The smallest absolute Gasteiger partial charge is 0.335 e. The van der Waals surface area contributed by atoms with Gasteiger partial charge in [0.2, 0.25) is 0 Å². The number of aromatic amines is 1. The Kier molecular flexibility index (Phi) is 4.76. The van der Waals surface area contributed by atoms with E-state index in [-0.39, 0.29) is 23.6 Å². The maximum atomic E-state index is 12.1. The van der Waals surface area contributed by atoms with Crippen LogP contribution in [0.4, 0.5) is 0 Å². The fourth-order valence-corrected chi connectivity index (χ4v) is 2.47. The summed E-state index contributed by atoms with van der Waals surface area (Å²) in [7, 11) is 0. The number of rotatable bonds is 5. The minimum Gasteiger partial charge on any atom is -0.486 e. The second-order valence-electron chi connectivity index (χ2n) is 5.40. The number of carbonyl (C=O) groups is 2. The first kappa shape index (κ1) is 16.0. The van der Waals surface area contributed by atoms with Gasteiger partial charge >= 0.3 is 5.97 Å². The molecule has 2 aromatic rings. The van der Waals surface area contributed by atoms with Crippen LogP contribution in [0.5, 0.6) is 5.75 Å². The SMILES string of the molecule is O=C(O)c1ccc(O[C@@H]2COCC[C@H]2NC(=O)c2ccn[nH]2)cc1. The van der Waals surface area contributed by atoms with Crippen molar-refractivity contribution in [2.45, 2.75) is 18.6 Å². The number of hydrogen-bond donors (Lipinski definition) is 3. The summed E-state index contributed by atoms with van der Waals surface area (Å²) in [4.78, 5) is 23.0. The van der Waals surface area contributed by atoms with Gasteiger partial charge in [-0.3, -0.25) is 9.89 Å².